The monoisotopic (exact) mass is 651 g/mol. The third-order valence-electron chi connectivity index (χ3n) is 9.30. The van der Waals surface area contributed by atoms with Gasteiger partial charge in [-0.3, -0.25) is 9.11 Å². The lowest BCUT2D eigenvalue weighted by atomic mass is 9.79. The van der Waals surface area contributed by atoms with E-state index in [1.807, 2.05) is 18.7 Å². The van der Waals surface area contributed by atoms with Crippen LogP contribution in [-0.2, 0) is 31.1 Å². The number of nitrogens with zero attached hydrogens (tertiary/aromatic N) is 2. The first-order valence-electron chi connectivity index (χ1n) is 15.4. The fraction of sp³-hybridized carbons (Fsp3) is 0.400. The van der Waals surface area contributed by atoms with Crippen LogP contribution in [0.25, 0.3) is 0 Å². The Morgan fingerprint density at radius 3 is 2.18 bits per heavy atom. The molecule has 0 spiro atoms. The van der Waals surface area contributed by atoms with Gasteiger partial charge < -0.3 is 4.90 Å². The molecule has 240 valence electrons. The zero-order chi connectivity index (χ0) is 32.9. The number of allylic oxidation sites excluding steroid dienone is 2. The van der Waals surface area contributed by atoms with E-state index >= 15 is 0 Å². The Kier molecular flexibility index (Phi) is 8.67. The molecule has 0 fully saturated rings. The van der Waals surface area contributed by atoms with E-state index < -0.39 is 25.7 Å². The summed E-state index contributed by atoms with van der Waals surface area (Å²) in [5.41, 5.74) is 7.03. The molecular formula is C35H43N2O6S2+. The van der Waals surface area contributed by atoms with Gasteiger partial charge in [0.1, 0.15) is 6.54 Å². The predicted molar refractivity (Wildman–Crippen MR) is 179 cm³/mol. The molecule has 0 bridgehead atoms. The summed E-state index contributed by atoms with van der Waals surface area (Å²) < 4.78 is 70.3. The van der Waals surface area contributed by atoms with E-state index in [2.05, 4.69) is 56.5 Å². The van der Waals surface area contributed by atoms with Gasteiger partial charge in [-0.2, -0.15) is 21.4 Å². The Hall–Kier alpha value is -3.31. The molecule has 5 rings (SSSR count). The van der Waals surface area contributed by atoms with Crippen molar-refractivity contribution in [1.82, 2.24) is 0 Å². The lowest BCUT2D eigenvalue weighted by Gasteiger charge is -2.28. The van der Waals surface area contributed by atoms with Gasteiger partial charge in [0.2, 0.25) is 5.69 Å². The normalized spacial score (nSPS) is 18.0. The highest BCUT2D eigenvalue weighted by Crippen LogP contribution is 2.52. The summed E-state index contributed by atoms with van der Waals surface area (Å²) >= 11 is 0. The first kappa shape index (κ1) is 33.1. The third-order valence-corrected chi connectivity index (χ3v) is 11.0. The Labute approximate surface area is 267 Å². The molecule has 0 radical (unpaired) electrons. The molecule has 2 aliphatic heterocycles. The van der Waals surface area contributed by atoms with E-state index in [-0.39, 0.29) is 15.2 Å². The Morgan fingerprint density at radius 1 is 0.822 bits per heavy atom. The van der Waals surface area contributed by atoms with Gasteiger partial charge in [0, 0.05) is 41.3 Å². The average Bonchev–Trinajstić information content (AvgIpc) is 3.30. The Morgan fingerprint density at radius 2 is 1.51 bits per heavy atom. The van der Waals surface area contributed by atoms with Crippen LogP contribution in [0.5, 0.6) is 0 Å². The van der Waals surface area contributed by atoms with Crippen molar-refractivity contribution in [3.05, 3.63) is 89.1 Å². The highest BCUT2D eigenvalue weighted by molar-refractivity contribution is 7.86. The quantitative estimate of drug-likeness (QED) is 0.130. The van der Waals surface area contributed by atoms with Crippen molar-refractivity contribution in [2.45, 2.75) is 94.3 Å². The number of rotatable bonds is 10. The lowest BCUT2D eigenvalue weighted by molar-refractivity contribution is -0.440. The van der Waals surface area contributed by atoms with Crippen LogP contribution in [0, 0.1) is 6.92 Å². The Balaban J connectivity index is 1.60. The van der Waals surface area contributed by atoms with Crippen molar-refractivity contribution in [2.75, 3.05) is 11.4 Å². The van der Waals surface area contributed by atoms with Gasteiger partial charge in [-0.25, -0.2) is 0 Å². The zero-order valence-electron chi connectivity index (χ0n) is 26.8. The van der Waals surface area contributed by atoms with E-state index in [1.165, 1.54) is 46.8 Å². The van der Waals surface area contributed by atoms with Gasteiger partial charge in [0.15, 0.2) is 5.71 Å². The molecule has 45 heavy (non-hydrogen) atoms. The first-order valence-corrected chi connectivity index (χ1v) is 18.3. The van der Waals surface area contributed by atoms with Gasteiger partial charge in [-0.15, -0.1) is 0 Å². The maximum atomic E-state index is 12.1. The summed E-state index contributed by atoms with van der Waals surface area (Å²) in [7, 11) is -8.90. The summed E-state index contributed by atoms with van der Waals surface area (Å²) in [6.45, 7) is 13.8. The highest BCUT2D eigenvalue weighted by Gasteiger charge is 2.45. The molecule has 0 saturated heterocycles. The van der Waals surface area contributed by atoms with Crippen molar-refractivity contribution in [1.29, 1.82) is 0 Å². The smallest absolute Gasteiger partial charge is 0.294 e. The fourth-order valence-electron chi connectivity index (χ4n) is 6.92. The van der Waals surface area contributed by atoms with Crippen LogP contribution in [0.3, 0.4) is 0 Å². The topological polar surface area (TPSA) is 115 Å². The highest BCUT2D eigenvalue weighted by atomic mass is 32.2. The first-order chi connectivity index (χ1) is 21.0. The number of hydrogen-bond acceptors (Lipinski definition) is 5. The number of aryl methyl sites for hydroxylation is 1. The van der Waals surface area contributed by atoms with Gasteiger partial charge >= 0.3 is 0 Å². The second-order valence-electron chi connectivity index (χ2n) is 13.2. The van der Waals surface area contributed by atoms with Crippen molar-refractivity contribution in [2.24, 2.45) is 0 Å². The van der Waals surface area contributed by atoms with Gasteiger partial charge in [0.05, 0.1) is 20.9 Å². The molecule has 0 saturated carbocycles. The second kappa shape index (κ2) is 11.8. The summed E-state index contributed by atoms with van der Waals surface area (Å²) in [6.07, 6.45) is 7.02. The minimum Gasteiger partial charge on any atom is -0.313 e. The second-order valence-corrected chi connectivity index (χ2v) is 16.0. The molecule has 10 heteroatoms. The van der Waals surface area contributed by atoms with E-state index in [4.69, 9.17) is 0 Å². The lowest BCUT2D eigenvalue weighted by Crippen LogP contribution is -2.30. The van der Waals surface area contributed by atoms with E-state index in [1.54, 1.807) is 18.2 Å². The summed E-state index contributed by atoms with van der Waals surface area (Å²) in [5.74, 6) is 0. The van der Waals surface area contributed by atoms with Gasteiger partial charge in [-0.1, -0.05) is 51.0 Å². The van der Waals surface area contributed by atoms with Crippen LogP contribution in [0.1, 0.15) is 83.4 Å². The molecule has 2 aliphatic rings. The van der Waals surface area contributed by atoms with E-state index in [0.29, 0.717) is 23.4 Å². The standard InChI is InChI=1S/C35H42N2O6S2/c1-7-8-9-20-36-30-18-16-24(2)21-28(30)34(3,4)32(36)14-11-15-33-35(5,6)29-23-27(45(41,42)43)17-19-31(29)37(33)25-12-10-13-26(22-25)44(38,39)40/h10,12-13,15-19,21-23H,7-9,11,14,20H2,1-6H3,(H-,38,39,40,41,42,43)/p+1. The van der Waals surface area contributed by atoms with Crippen molar-refractivity contribution in [3.63, 3.8) is 0 Å². The van der Waals surface area contributed by atoms with Crippen LogP contribution < -0.4 is 4.90 Å². The van der Waals surface area contributed by atoms with Gasteiger partial charge in [-0.05, 0) is 81.6 Å². The maximum Gasteiger partial charge on any atom is 0.294 e. The van der Waals surface area contributed by atoms with Crippen molar-refractivity contribution < 1.29 is 30.5 Å². The summed E-state index contributed by atoms with van der Waals surface area (Å²) in [5, 5.41) is 0. The van der Waals surface area contributed by atoms with Crippen LogP contribution in [0.2, 0.25) is 0 Å². The number of fused-ring (bicyclic) bond motifs is 2. The number of anilines is 2. The molecule has 0 unspecified atom stereocenters. The largest absolute Gasteiger partial charge is 0.313 e. The molecule has 2 N–H and O–H groups in total. The molecule has 8 nitrogen and oxygen atoms in total. The van der Waals surface area contributed by atoms with Crippen molar-refractivity contribution >= 4 is 43.0 Å². The van der Waals surface area contributed by atoms with Crippen LogP contribution in [0.15, 0.2) is 82.2 Å². The molecule has 0 aromatic heterocycles. The molecule has 3 aromatic carbocycles. The van der Waals surface area contributed by atoms with Crippen LogP contribution in [-0.4, -0.2) is 42.8 Å². The minimum atomic E-state index is -4.46. The molecule has 2 heterocycles. The fourth-order valence-corrected chi connectivity index (χ4v) is 7.95. The van der Waals surface area contributed by atoms with Crippen molar-refractivity contribution in [3.8, 4) is 0 Å². The maximum absolute atomic E-state index is 12.1. The van der Waals surface area contributed by atoms with Crippen LogP contribution >= 0.6 is 0 Å². The summed E-state index contributed by atoms with van der Waals surface area (Å²) in [4.78, 5) is 1.47. The van der Waals surface area contributed by atoms with Gasteiger partial charge in [0.25, 0.3) is 20.2 Å². The number of unbranched alkanes of at least 4 members (excludes halogenated alkanes) is 2. The number of benzene rings is 3. The zero-order valence-corrected chi connectivity index (χ0v) is 28.5. The van der Waals surface area contributed by atoms with Crippen LogP contribution in [0.4, 0.5) is 17.1 Å². The SMILES string of the molecule is CCCCC[N+]1=C(CCC=C2N(c3cccc(S(=O)(=O)O)c3)c3ccc(S(=O)(=O)O)cc3C2(C)C)C(C)(C)c2cc(C)ccc21. The summed E-state index contributed by atoms with van der Waals surface area (Å²) in [6, 6.07) is 17.2. The Bertz CT molecular complexity index is 1940. The van der Waals surface area contributed by atoms with E-state index in [9.17, 15) is 25.9 Å². The molecule has 0 amide bonds. The third kappa shape index (κ3) is 6.13. The molecule has 0 aliphatic carbocycles. The number of hydrogen-bond donors (Lipinski definition) is 2. The minimum absolute atomic E-state index is 0.159. The van der Waals surface area contributed by atoms with E-state index in [0.717, 1.165) is 37.9 Å². The predicted octanol–water partition coefficient (Wildman–Crippen LogP) is 7.85. The molecule has 3 aromatic rings. The molecular weight excluding hydrogens is 609 g/mol. The average molecular weight is 652 g/mol. The molecule has 0 atom stereocenters.